The summed E-state index contributed by atoms with van der Waals surface area (Å²) in [5, 5.41) is 0. The Bertz CT molecular complexity index is 328. The van der Waals surface area contributed by atoms with Gasteiger partial charge in [0, 0.05) is 0 Å². The van der Waals surface area contributed by atoms with Crippen molar-refractivity contribution in [3.63, 3.8) is 0 Å². The molecule has 0 aromatic heterocycles. The Morgan fingerprint density at radius 3 is 1.78 bits per heavy atom. The molecule has 2 aliphatic rings. The van der Waals surface area contributed by atoms with Gasteiger partial charge in [-0.05, 0) is 52.3 Å². The molecule has 2 saturated carbocycles. The molecule has 2 rings (SSSR count). The minimum atomic E-state index is 0.424. The summed E-state index contributed by atoms with van der Waals surface area (Å²) in [6, 6.07) is 0. The molecule has 0 heteroatoms. The highest BCUT2D eigenvalue weighted by atomic mass is 14.7. The lowest BCUT2D eigenvalue weighted by molar-refractivity contribution is -0.213. The van der Waals surface area contributed by atoms with Crippen molar-refractivity contribution in [3.05, 3.63) is 0 Å². The zero-order valence-electron chi connectivity index (χ0n) is 14.1. The summed E-state index contributed by atoms with van der Waals surface area (Å²) in [5.41, 5.74) is 1.47. The van der Waals surface area contributed by atoms with Gasteiger partial charge in [0.25, 0.3) is 0 Å². The topological polar surface area (TPSA) is 0 Å². The third-order valence-electron chi connectivity index (χ3n) is 6.60. The lowest BCUT2D eigenvalue weighted by atomic mass is 9.35. The molecule has 0 N–H and O–H groups in total. The van der Waals surface area contributed by atoms with Crippen molar-refractivity contribution in [2.45, 2.75) is 68.7 Å². The first-order valence-electron chi connectivity index (χ1n) is 7.90. The predicted octanol–water partition coefficient (Wildman–Crippen LogP) is 5.62. The zero-order chi connectivity index (χ0) is 14.1. The van der Waals surface area contributed by atoms with Crippen molar-refractivity contribution in [2.24, 2.45) is 45.8 Å². The van der Waals surface area contributed by atoms with Crippen molar-refractivity contribution >= 4 is 0 Å². The van der Waals surface area contributed by atoms with Gasteiger partial charge in [-0.1, -0.05) is 62.3 Å². The Kier molecular flexibility index (Phi) is 3.01. The minimum absolute atomic E-state index is 0.424. The predicted molar refractivity (Wildman–Crippen MR) is 80.4 cm³/mol. The summed E-state index contributed by atoms with van der Waals surface area (Å²) < 4.78 is 0. The van der Waals surface area contributed by atoms with Crippen LogP contribution in [0.1, 0.15) is 68.7 Å². The second-order valence-electron chi connectivity index (χ2n) is 9.72. The molecule has 5 atom stereocenters. The van der Waals surface area contributed by atoms with Crippen LogP contribution in [0.3, 0.4) is 0 Å². The van der Waals surface area contributed by atoms with Crippen LogP contribution in [0.5, 0.6) is 0 Å². The summed E-state index contributed by atoms with van der Waals surface area (Å²) in [7, 11) is 0. The largest absolute Gasteiger partial charge is 0.0620 e. The quantitative estimate of drug-likeness (QED) is 0.523. The van der Waals surface area contributed by atoms with E-state index in [2.05, 4.69) is 62.3 Å². The van der Waals surface area contributed by atoms with Gasteiger partial charge in [-0.2, -0.15) is 0 Å². The number of hydrogen-bond donors (Lipinski definition) is 0. The Morgan fingerprint density at radius 1 is 0.889 bits per heavy atom. The second-order valence-corrected chi connectivity index (χ2v) is 9.72. The maximum Gasteiger partial charge on any atom is -0.0277 e. The Labute approximate surface area is 115 Å². The van der Waals surface area contributed by atoms with Crippen LogP contribution in [-0.2, 0) is 0 Å². The normalized spacial score (nSPS) is 46.2. The van der Waals surface area contributed by atoms with Gasteiger partial charge < -0.3 is 0 Å². The highest BCUT2D eigenvalue weighted by Gasteiger charge is 2.64. The SMILES string of the molecule is C[C@@H]1C2CC(C)(C)C2C(C)(C)C(C(C)(C)C)[C@@H]1C. The van der Waals surface area contributed by atoms with E-state index in [-0.39, 0.29) is 0 Å². The summed E-state index contributed by atoms with van der Waals surface area (Å²) >= 11 is 0. The first-order chi connectivity index (χ1) is 7.90. The summed E-state index contributed by atoms with van der Waals surface area (Å²) in [4.78, 5) is 0. The van der Waals surface area contributed by atoms with E-state index in [1.165, 1.54) is 6.42 Å². The lowest BCUT2D eigenvalue weighted by Gasteiger charge is -2.69. The van der Waals surface area contributed by atoms with E-state index in [4.69, 9.17) is 0 Å². The molecule has 18 heavy (non-hydrogen) atoms. The maximum atomic E-state index is 2.56. The van der Waals surface area contributed by atoms with Crippen molar-refractivity contribution < 1.29 is 0 Å². The van der Waals surface area contributed by atoms with E-state index >= 15 is 0 Å². The van der Waals surface area contributed by atoms with Crippen molar-refractivity contribution in [3.8, 4) is 0 Å². The average molecular weight is 250 g/mol. The van der Waals surface area contributed by atoms with Gasteiger partial charge in [-0.15, -0.1) is 0 Å². The Morgan fingerprint density at radius 2 is 1.39 bits per heavy atom. The number of fused-ring (bicyclic) bond motifs is 1. The standard InChI is InChI=1S/C18H34/c1-11-12(2)14(16(3,4)5)18(8,9)15-13(11)10-17(15,6)7/h11-15H,10H2,1-9H3/t11-,12+,13?,14?,15?/m0/s1. The van der Waals surface area contributed by atoms with Gasteiger partial charge >= 0.3 is 0 Å². The first kappa shape index (κ1) is 14.4. The smallest absolute Gasteiger partial charge is 0.0277 e. The fourth-order valence-corrected chi connectivity index (χ4v) is 6.79. The molecule has 0 saturated heterocycles. The maximum absolute atomic E-state index is 2.56. The molecule has 0 nitrogen and oxygen atoms in total. The minimum Gasteiger partial charge on any atom is -0.0620 e. The average Bonchev–Trinajstić information content (AvgIpc) is 2.07. The van der Waals surface area contributed by atoms with Gasteiger partial charge in [-0.3, -0.25) is 0 Å². The summed E-state index contributed by atoms with van der Waals surface area (Å²) in [6.45, 7) is 22.5. The lowest BCUT2D eigenvalue weighted by Crippen LogP contribution is -2.63. The third-order valence-corrected chi connectivity index (χ3v) is 6.60. The fourth-order valence-electron chi connectivity index (χ4n) is 6.79. The van der Waals surface area contributed by atoms with Crippen LogP contribution in [0.4, 0.5) is 0 Å². The zero-order valence-corrected chi connectivity index (χ0v) is 14.1. The molecule has 106 valence electrons. The van der Waals surface area contributed by atoms with Crippen molar-refractivity contribution in [2.75, 3.05) is 0 Å². The monoisotopic (exact) mass is 250 g/mol. The van der Waals surface area contributed by atoms with E-state index < -0.39 is 0 Å². The van der Waals surface area contributed by atoms with E-state index in [0.29, 0.717) is 16.2 Å². The molecular weight excluding hydrogens is 216 g/mol. The summed E-state index contributed by atoms with van der Waals surface area (Å²) in [5.74, 6) is 4.49. The fraction of sp³-hybridized carbons (Fsp3) is 1.00. The number of rotatable bonds is 0. The van der Waals surface area contributed by atoms with Crippen LogP contribution < -0.4 is 0 Å². The molecule has 0 aromatic rings. The van der Waals surface area contributed by atoms with E-state index in [1.54, 1.807) is 0 Å². The molecular formula is C18H34. The van der Waals surface area contributed by atoms with E-state index in [0.717, 1.165) is 29.6 Å². The van der Waals surface area contributed by atoms with Crippen molar-refractivity contribution in [1.29, 1.82) is 0 Å². The molecule has 0 amide bonds. The van der Waals surface area contributed by atoms with Gasteiger partial charge in [0.15, 0.2) is 0 Å². The Balaban J connectivity index is 2.43. The van der Waals surface area contributed by atoms with Gasteiger partial charge in [0.2, 0.25) is 0 Å². The Hall–Kier alpha value is 0. The molecule has 0 aromatic carbocycles. The third kappa shape index (κ3) is 1.78. The van der Waals surface area contributed by atoms with Gasteiger partial charge in [0.05, 0.1) is 0 Å². The molecule has 0 radical (unpaired) electrons. The van der Waals surface area contributed by atoms with Gasteiger partial charge in [-0.25, -0.2) is 0 Å². The van der Waals surface area contributed by atoms with E-state index in [1.807, 2.05) is 0 Å². The molecule has 0 bridgehead atoms. The molecule has 3 unspecified atom stereocenters. The summed E-state index contributed by atoms with van der Waals surface area (Å²) in [6.07, 6.45) is 1.45. The molecule has 0 aliphatic heterocycles. The van der Waals surface area contributed by atoms with Crippen LogP contribution in [0.25, 0.3) is 0 Å². The second kappa shape index (κ2) is 3.76. The molecule has 2 aliphatic carbocycles. The first-order valence-corrected chi connectivity index (χ1v) is 7.90. The number of hydrogen-bond acceptors (Lipinski definition) is 0. The van der Waals surface area contributed by atoms with Crippen LogP contribution in [0, 0.1) is 45.8 Å². The van der Waals surface area contributed by atoms with E-state index in [9.17, 15) is 0 Å². The van der Waals surface area contributed by atoms with Crippen LogP contribution in [-0.4, -0.2) is 0 Å². The van der Waals surface area contributed by atoms with Crippen LogP contribution in [0.15, 0.2) is 0 Å². The van der Waals surface area contributed by atoms with Crippen LogP contribution >= 0.6 is 0 Å². The molecule has 2 fully saturated rings. The highest BCUT2D eigenvalue weighted by Crippen LogP contribution is 2.70. The molecule has 0 spiro atoms. The highest BCUT2D eigenvalue weighted by molar-refractivity contribution is 5.12. The van der Waals surface area contributed by atoms with Gasteiger partial charge in [0.1, 0.15) is 0 Å². The van der Waals surface area contributed by atoms with Crippen LogP contribution in [0.2, 0.25) is 0 Å². The van der Waals surface area contributed by atoms with Crippen molar-refractivity contribution in [1.82, 2.24) is 0 Å². The molecule has 0 heterocycles.